The Morgan fingerprint density at radius 2 is 1.91 bits per heavy atom. The largest absolute Gasteiger partial charge is 0.490 e. The van der Waals surface area contributed by atoms with Crippen molar-refractivity contribution >= 4 is 11.7 Å². The maximum absolute atomic E-state index is 13.2. The number of aliphatic imine (C=N–C) groups is 1. The van der Waals surface area contributed by atoms with Crippen molar-refractivity contribution < 1.29 is 14.1 Å². The van der Waals surface area contributed by atoms with Gasteiger partial charge in [-0.2, -0.15) is 4.98 Å². The normalized spacial score (nSPS) is 22.5. The molecule has 0 radical (unpaired) electrons. The zero-order valence-electron chi connectivity index (χ0n) is 19.4. The van der Waals surface area contributed by atoms with Gasteiger partial charge in [0.1, 0.15) is 11.9 Å². The number of aromatic nitrogens is 2. The lowest BCUT2D eigenvalue weighted by Crippen LogP contribution is -2.47. The molecule has 1 aromatic carbocycles. The van der Waals surface area contributed by atoms with Crippen molar-refractivity contribution in [1.82, 2.24) is 19.9 Å². The molecule has 1 atom stereocenters. The molecule has 0 bridgehead atoms. The van der Waals surface area contributed by atoms with Crippen LogP contribution in [0.4, 0.5) is 0 Å². The fourth-order valence-electron chi connectivity index (χ4n) is 5.14. The quantitative estimate of drug-likeness (QED) is 0.700. The molecule has 3 aliphatic rings. The molecule has 2 fully saturated rings. The van der Waals surface area contributed by atoms with E-state index in [2.05, 4.69) is 26.1 Å². The molecule has 1 aromatic heterocycles. The van der Waals surface area contributed by atoms with Crippen molar-refractivity contribution in [3.05, 3.63) is 42.9 Å². The van der Waals surface area contributed by atoms with Gasteiger partial charge in [0.05, 0.1) is 11.4 Å². The van der Waals surface area contributed by atoms with Gasteiger partial charge >= 0.3 is 0 Å². The molecule has 34 heavy (non-hydrogen) atoms. The van der Waals surface area contributed by atoms with Crippen LogP contribution in [0.15, 0.2) is 52.5 Å². The molecule has 0 spiro atoms. The highest BCUT2D eigenvalue weighted by molar-refractivity contribution is 5.82. The Labute approximate surface area is 199 Å². The molecule has 0 saturated carbocycles. The minimum absolute atomic E-state index is 0.0680. The van der Waals surface area contributed by atoms with Crippen LogP contribution < -0.4 is 10.5 Å². The Morgan fingerprint density at radius 3 is 2.65 bits per heavy atom. The van der Waals surface area contributed by atoms with Crippen molar-refractivity contribution in [2.75, 3.05) is 32.7 Å². The average Bonchev–Trinajstić information content (AvgIpc) is 3.40. The second kappa shape index (κ2) is 10.4. The van der Waals surface area contributed by atoms with E-state index in [1.165, 1.54) is 6.39 Å². The smallest absolute Gasteiger partial charge is 0.225 e. The van der Waals surface area contributed by atoms with Crippen LogP contribution in [0.25, 0.3) is 11.4 Å². The number of amidine groups is 1. The van der Waals surface area contributed by atoms with Crippen LogP contribution in [0.5, 0.6) is 5.75 Å². The monoisotopic (exact) mass is 464 g/mol. The van der Waals surface area contributed by atoms with Crippen LogP contribution in [0.1, 0.15) is 32.1 Å². The van der Waals surface area contributed by atoms with Crippen molar-refractivity contribution in [3.8, 4) is 17.1 Å². The number of amides is 1. The summed E-state index contributed by atoms with van der Waals surface area (Å²) in [5.41, 5.74) is 6.69. The molecule has 0 aliphatic carbocycles. The van der Waals surface area contributed by atoms with Gasteiger partial charge in [-0.15, -0.1) is 0 Å². The van der Waals surface area contributed by atoms with E-state index in [0.29, 0.717) is 23.5 Å². The number of likely N-dealkylation sites (tertiary alicyclic amines) is 2. The van der Waals surface area contributed by atoms with E-state index in [0.717, 1.165) is 76.1 Å². The third-order valence-corrected chi connectivity index (χ3v) is 7.04. The van der Waals surface area contributed by atoms with E-state index in [9.17, 15) is 4.79 Å². The topological polar surface area (TPSA) is 110 Å². The highest BCUT2D eigenvalue weighted by atomic mass is 16.5. The van der Waals surface area contributed by atoms with Gasteiger partial charge in [-0.05, 0) is 44.0 Å². The lowest BCUT2D eigenvalue weighted by molar-refractivity contribution is -0.138. The molecule has 4 heterocycles. The van der Waals surface area contributed by atoms with Gasteiger partial charge < -0.3 is 24.8 Å². The molecule has 2 saturated heterocycles. The molecular weight excluding hydrogens is 432 g/mol. The number of para-hydroxylation sites is 1. The van der Waals surface area contributed by atoms with Gasteiger partial charge in [-0.3, -0.25) is 4.79 Å². The number of nitrogens with zero attached hydrogens (tertiary/aromatic N) is 5. The zero-order chi connectivity index (χ0) is 23.3. The van der Waals surface area contributed by atoms with E-state index in [1.54, 1.807) is 0 Å². The number of benzene rings is 1. The second-order valence-electron chi connectivity index (χ2n) is 9.39. The molecule has 5 rings (SSSR count). The number of ether oxygens (including phenoxy) is 1. The van der Waals surface area contributed by atoms with Crippen LogP contribution >= 0.6 is 0 Å². The SMILES string of the molecule is NC1=NC=CC(CN2CCC(C(=O)N3CCC(Oc4ccccc4-c4ncon4)CC3)CC2)C1. The number of rotatable bonds is 6. The third-order valence-electron chi connectivity index (χ3n) is 7.04. The summed E-state index contributed by atoms with van der Waals surface area (Å²) in [5, 5.41) is 3.93. The minimum Gasteiger partial charge on any atom is -0.490 e. The Balaban J connectivity index is 1.08. The lowest BCUT2D eigenvalue weighted by Gasteiger charge is -2.38. The minimum atomic E-state index is 0.0680. The van der Waals surface area contributed by atoms with E-state index in [-0.39, 0.29) is 12.0 Å². The molecule has 9 heteroatoms. The zero-order valence-corrected chi connectivity index (χ0v) is 19.4. The van der Waals surface area contributed by atoms with Crippen LogP contribution in [0, 0.1) is 11.8 Å². The van der Waals surface area contributed by atoms with Gasteiger partial charge in [-0.1, -0.05) is 23.4 Å². The number of hydrogen-bond acceptors (Lipinski definition) is 8. The van der Waals surface area contributed by atoms with Crippen molar-refractivity contribution in [1.29, 1.82) is 0 Å². The van der Waals surface area contributed by atoms with Gasteiger partial charge in [-0.25, -0.2) is 4.99 Å². The van der Waals surface area contributed by atoms with Gasteiger partial charge in [0.2, 0.25) is 18.1 Å². The van der Waals surface area contributed by atoms with Crippen molar-refractivity contribution in [2.24, 2.45) is 22.6 Å². The average molecular weight is 465 g/mol. The van der Waals surface area contributed by atoms with Crippen molar-refractivity contribution in [2.45, 2.75) is 38.2 Å². The number of carbonyl (C=O) groups excluding carboxylic acids is 1. The first-order valence-corrected chi connectivity index (χ1v) is 12.2. The van der Waals surface area contributed by atoms with E-state index < -0.39 is 0 Å². The maximum atomic E-state index is 13.2. The highest BCUT2D eigenvalue weighted by Gasteiger charge is 2.32. The molecule has 1 amide bonds. The number of hydrogen-bond donors (Lipinski definition) is 1. The third kappa shape index (κ3) is 5.30. The first-order valence-electron chi connectivity index (χ1n) is 12.2. The van der Waals surface area contributed by atoms with E-state index in [1.807, 2.05) is 35.4 Å². The number of piperidine rings is 2. The molecule has 3 aliphatic heterocycles. The summed E-state index contributed by atoms with van der Waals surface area (Å²) in [5.74, 6) is 2.84. The fourth-order valence-corrected chi connectivity index (χ4v) is 5.14. The standard InChI is InChI=1S/C25H32N6O3/c26-23-15-18(5-10-27-23)16-30-11-6-19(7-12-30)25(32)31-13-8-20(9-14-31)34-22-4-2-1-3-21(22)24-28-17-33-29-24/h1-5,10,17-20H,6-9,11-16H2,(H2,26,27). The van der Waals surface area contributed by atoms with Crippen molar-refractivity contribution in [3.63, 3.8) is 0 Å². The first-order chi connectivity index (χ1) is 16.7. The highest BCUT2D eigenvalue weighted by Crippen LogP contribution is 2.30. The predicted octanol–water partition coefficient (Wildman–Crippen LogP) is 2.71. The summed E-state index contributed by atoms with van der Waals surface area (Å²) in [6, 6.07) is 7.73. The summed E-state index contributed by atoms with van der Waals surface area (Å²) in [6.45, 7) is 4.38. The molecule has 2 N–H and O–H groups in total. The van der Waals surface area contributed by atoms with Crippen LogP contribution in [-0.4, -0.2) is 70.5 Å². The summed E-state index contributed by atoms with van der Waals surface area (Å²) >= 11 is 0. The number of nitrogens with two attached hydrogens (primary N) is 1. The Hall–Kier alpha value is -3.20. The summed E-state index contributed by atoms with van der Waals surface area (Å²) in [7, 11) is 0. The first kappa shape index (κ1) is 22.6. The molecule has 180 valence electrons. The summed E-state index contributed by atoms with van der Waals surface area (Å²) in [4.78, 5) is 25.9. The Kier molecular flexibility index (Phi) is 6.89. The van der Waals surface area contributed by atoms with Gasteiger partial charge in [0.15, 0.2) is 0 Å². The summed E-state index contributed by atoms with van der Waals surface area (Å²) < 4.78 is 11.2. The van der Waals surface area contributed by atoms with Crippen LogP contribution in [0.3, 0.4) is 0 Å². The molecule has 1 unspecified atom stereocenters. The number of carbonyl (C=O) groups is 1. The lowest BCUT2D eigenvalue weighted by atomic mass is 9.93. The predicted molar refractivity (Wildman–Crippen MR) is 128 cm³/mol. The molecule has 2 aromatic rings. The van der Waals surface area contributed by atoms with Crippen LogP contribution in [0.2, 0.25) is 0 Å². The molecule has 9 nitrogen and oxygen atoms in total. The Morgan fingerprint density at radius 1 is 1.12 bits per heavy atom. The summed E-state index contributed by atoms with van der Waals surface area (Å²) in [6.07, 6.45) is 9.66. The molecular formula is C25H32N6O3. The van der Waals surface area contributed by atoms with Gasteiger partial charge in [0.25, 0.3) is 0 Å². The van der Waals surface area contributed by atoms with Gasteiger partial charge in [0, 0.05) is 51.0 Å². The van der Waals surface area contributed by atoms with E-state index >= 15 is 0 Å². The van der Waals surface area contributed by atoms with Crippen LogP contribution in [-0.2, 0) is 4.79 Å². The van der Waals surface area contributed by atoms with E-state index in [4.69, 9.17) is 15.0 Å². The second-order valence-corrected chi connectivity index (χ2v) is 9.39. The maximum Gasteiger partial charge on any atom is 0.225 e. The fraction of sp³-hybridized carbons (Fsp3) is 0.520. The Bertz CT molecular complexity index is 1020.